The van der Waals surface area contributed by atoms with Gasteiger partial charge in [-0.3, -0.25) is 0 Å². The Labute approximate surface area is 180 Å². The average molecular weight is 433 g/mol. The first kappa shape index (κ1) is 17.8. The fraction of sp³-hybridized carbons (Fsp3) is 0. The highest BCUT2D eigenvalue weighted by molar-refractivity contribution is 7.37. The molecule has 0 nitrogen and oxygen atoms in total. The van der Waals surface area contributed by atoms with E-state index in [9.17, 15) is 0 Å². The number of hydrogen-bond acceptors (Lipinski definition) is 2. The van der Waals surface area contributed by atoms with Gasteiger partial charge < -0.3 is 0 Å². The van der Waals surface area contributed by atoms with Gasteiger partial charge in [0.2, 0.25) is 0 Å². The maximum absolute atomic E-state index is 2.26. The van der Waals surface area contributed by atoms with E-state index in [1.807, 2.05) is 45.3 Å². The summed E-state index contributed by atoms with van der Waals surface area (Å²) in [4.78, 5) is 2.66. The van der Waals surface area contributed by atoms with Crippen LogP contribution in [0.15, 0.2) is 95.7 Å². The molecular formula is C24H16S4+2. The summed E-state index contributed by atoms with van der Waals surface area (Å²) >= 11 is 7.38. The predicted molar refractivity (Wildman–Crippen MR) is 129 cm³/mol. The van der Waals surface area contributed by atoms with Crippen LogP contribution in [0.25, 0.3) is 40.4 Å². The molecule has 0 fully saturated rings. The van der Waals surface area contributed by atoms with E-state index in [4.69, 9.17) is 0 Å². The molecule has 0 saturated heterocycles. The lowest BCUT2D eigenvalue weighted by atomic mass is 10.2. The zero-order valence-electron chi connectivity index (χ0n) is 14.9. The summed E-state index contributed by atoms with van der Waals surface area (Å²) in [5.74, 6) is 0. The van der Waals surface area contributed by atoms with Gasteiger partial charge in [0.25, 0.3) is 8.38 Å². The Morgan fingerprint density at radius 1 is 0.429 bits per heavy atom. The van der Waals surface area contributed by atoms with Crippen LogP contribution in [-0.2, 0) is 0 Å². The van der Waals surface area contributed by atoms with E-state index < -0.39 is 0 Å². The molecule has 0 aliphatic rings. The molecule has 0 unspecified atom stereocenters. The molecule has 134 valence electrons. The molecule has 0 saturated carbocycles. The minimum atomic E-state index is 1.29. The molecule has 5 aromatic rings. The van der Waals surface area contributed by atoms with Gasteiger partial charge in [-0.2, -0.15) is 0 Å². The van der Waals surface area contributed by atoms with Crippen molar-refractivity contribution >= 4 is 45.3 Å². The molecule has 0 amide bonds. The van der Waals surface area contributed by atoms with Crippen molar-refractivity contribution in [2.24, 2.45) is 0 Å². The smallest absolute Gasteiger partial charge is 0.0622 e. The number of benzene rings is 3. The van der Waals surface area contributed by atoms with Gasteiger partial charge in [0, 0.05) is 22.3 Å². The third-order valence-corrected chi connectivity index (χ3v) is 9.40. The van der Waals surface area contributed by atoms with E-state index in [0.29, 0.717) is 0 Å². The van der Waals surface area contributed by atoms with E-state index in [1.54, 1.807) is 0 Å². The summed E-state index contributed by atoms with van der Waals surface area (Å²) in [6.07, 6.45) is 0. The van der Waals surface area contributed by atoms with Crippen molar-refractivity contribution in [3.8, 4) is 40.4 Å². The van der Waals surface area contributed by atoms with Gasteiger partial charge >= 0.3 is 0 Å². The van der Waals surface area contributed by atoms with E-state index in [-0.39, 0.29) is 0 Å². The Bertz CT molecular complexity index is 1090. The van der Waals surface area contributed by atoms with Crippen molar-refractivity contribution in [3.05, 3.63) is 95.7 Å². The van der Waals surface area contributed by atoms with Gasteiger partial charge in [-0.15, -0.1) is 0 Å². The van der Waals surface area contributed by atoms with Gasteiger partial charge in [0.05, 0.1) is 45.3 Å². The highest BCUT2D eigenvalue weighted by Crippen LogP contribution is 2.41. The Morgan fingerprint density at radius 2 is 0.821 bits per heavy atom. The van der Waals surface area contributed by atoms with Crippen molar-refractivity contribution in [1.29, 1.82) is 0 Å². The summed E-state index contributed by atoms with van der Waals surface area (Å²) in [6.45, 7) is 0. The maximum Gasteiger partial charge on any atom is 0.285 e. The molecule has 0 spiro atoms. The van der Waals surface area contributed by atoms with Crippen molar-refractivity contribution in [2.45, 2.75) is 0 Å². The van der Waals surface area contributed by atoms with Crippen LogP contribution in [0.3, 0.4) is 0 Å². The topological polar surface area (TPSA) is 0 Å². The van der Waals surface area contributed by atoms with Gasteiger partial charge in [-0.25, -0.2) is 0 Å². The first-order chi connectivity index (χ1) is 13.9. The molecule has 0 aliphatic heterocycles. The molecule has 0 atom stereocenters. The van der Waals surface area contributed by atoms with Crippen molar-refractivity contribution in [3.63, 3.8) is 0 Å². The van der Waals surface area contributed by atoms with Crippen molar-refractivity contribution in [1.82, 2.24) is 0 Å². The second-order valence-electron chi connectivity index (χ2n) is 6.29. The van der Waals surface area contributed by atoms with Crippen LogP contribution >= 0.6 is 45.3 Å². The van der Waals surface area contributed by atoms with Gasteiger partial charge in [0.15, 0.2) is 9.75 Å². The zero-order chi connectivity index (χ0) is 18.8. The third-order valence-electron chi connectivity index (χ3n) is 4.42. The van der Waals surface area contributed by atoms with Crippen LogP contribution < -0.4 is 0 Å². The third kappa shape index (κ3) is 3.69. The Kier molecular flexibility index (Phi) is 5.10. The molecule has 0 N–H and O–H groups in total. The van der Waals surface area contributed by atoms with Crippen LogP contribution in [0.5, 0.6) is 0 Å². The number of rotatable bonds is 4. The molecule has 2 aromatic heterocycles. The summed E-state index contributed by atoms with van der Waals surface area (Å²) in [5.41, 5.74) is 5.18. The molecular weight excluding hydrogens is 417 g/mol. The quantitative estimate of drug-likeness (QED) is 0.248. The zero-order valence-corrected chi connectivity index (χ0v) is 18.1. The molecule has 5 rings (SSSR count). The fourth-order valence-electron chi connectivity index (χ4n) is 2.97. The first-order valence-electron chi connectivity index (χ1n) is 8.92. The Balaban J connectivity index is 1.40. The fourth-order valence-corrected chi connectivity index (χ4v) is 7.51. The lowest BCUT2D eigenvalue weighted by Crippen LogP contribution is -1.73. The average Bonchev–Trinajstić information content (AvgIpc) is 3.46. The summed E-state index contributed by atoms with van der Waals surface area (Å²) in [6, 6.07) is 30.2. The SMILES string of the molecule is c1ccc(-c2c[s+]c(-c3ccc(-c4sc(-c5ccccc5)c[s+]4)cc3)s2)cc1. The molecule has 28 heavy (non-hydrogen) atoms. The predicted octanol–water partition coefficient (Wildman–Crippen LogP) is 9.16. The van der Waals surface area contributed by atoms with E-state index in [0.717, 1.165) is 0 Å². The van der Waals surface area contributed by atoms with Crippen LogP contribution in [0.1, 0.15) is 0 Å². The van der Waals surface area contributed by atoms with Crippen molar-refractivity contribution < 1.29 is 0 Å². The molecule has 2 heterocycles. The van der Waals surface area contributed by atoms with Crippen LogP contribution in [0.2, 0.25) is 0 Å². The highest BCUT2D eigenvalue weighted by Gasteiger charge is 2.20. The minimum absolute atomic E-state index is 1.29. The van der Waals surface area contributed by atoms with E-state index in [2.05, 4.69) is 95.7 Å². The lowest BCUT2D eigenvalue weighted by molar-refractivity contribution is 1.71. The maximum atomic E-state index is 2.26. The normalized spacial score (nSPS) is 10.9. The standard InChI is InChI=1S/C24H16S4/c1-3-7-17(8-4-1)21-15-25-23(27-21)19-11-13-20(14-12-19)24-26-16-22(28-24)18-9-5-2-6-10-18/h1-16H/q+2. The highest BCUT2D eigenvalue weighted by atomic mass is 32.2. The van der Waals surface area contributed by atoms with Crippen LogP contribution in [0.4, 0.5) is 0 Å². The first-order valence-corrected chi connectivity index (χ1v) is 12.3. The van der Waals surface area contributed by atoms with Crippen molar-refractivity contribution in [2.75, 3.05) is 0 Å². The minimum Gasteiger partial charge on any atom is -0.0622 e. The molecule has 0 bridgehead atoms. The van der Waals surface area contributed by atoms with Gasteiger partial charge in [-0.1, -0.05) is 60.7 Å². The summed E-state index contributed by atoms with van der Waals surface area (Å²) in [7, 11) is 0. The second-order valence-corrected chi connectivity index (χ2v) is 10.7. The van der Waals surface area contributed by atoms with Crippen LogP contribution in [0, 0.1) is 0 Å². The molecule has 0 aliphatic carbocycles. The number of hydrogen-bond donors (Lipinski definition) is 0. The Hall–Kier alpha value is -2.24. The molecule has 3 aromatic carbocycles. The molecule has 4 heteroatoms. The summed E-state index contributed by atoms with van der Waals surface area (Å²) in [5, 5.41) is 4.52. The molecule has 0 radical (unpaired) electrons. The van der Waals surface area contributed by atoms with E-state index in [1.165, 1.54) is 40.4 Å². The summed E-state index contributed by atoms with van der Waals surface area (Å²) < 4.78 is 2.70. The monoisotopic (exact) mass is 432 g/mol. The van der Waals surface area contributed by atoms with E-state index >= 15 is 0 Å². The van der Waals surface area contributed by atoms with Gasteiger partial charge in [-0.05, 0) is 24.3 Å². The lowest BCUT2D eigenvalue weighted by Gasteiger charge is -1.93. The second kappa shape index (κ2) is 8.02. The Morgan fingerprint density at radius 3 is 1.21 bits per heavy atom. The largest absolute Gasteiger partial charge is 0.285 e. The van der Waals surface area contributed by atoms with Crippen LogP contribution in [-0.4, -0.2) is 0 Å². The van der Waals surface area contributed by atoms with Gasteiger partial charge in [0.1, 0.15) is 10.8 Å².